The van der Waals surface area contributed by atoms with Crippen LogP contribution in [-0.2, 0) is 0 Å². The molecule has 0 bridgehead atoms. The van der Waals surface area contributed by atoms with Gasteiger partial charge < -0.3 is 10.5 Å². The van der Waals surface area contributed by atoms with Gasteiger partial charge in [-0.25, -0.2) is 0 Å². The van der Waals surface area contributed by atoms with Crippen LogP contribution in [0, 0.1) is 18.3 Å². The molecule has 3 nitrogen and oxygen atoms in total. The van der Waals surface area contributed by atoms with Crippen molar-refractivity contribution in [3.05, 3.63) is 23.8 Å². The summed E-state index contributed by atoms with van der Waals surface area (Å²) in [6.45, 7) is 2.58. The minimum Gasteiger partial charge on any atom is -0.491 e. The van der Waals surface area contributed by atoms with Crippen LogP contribution < -0.4 is 10.5 Å². The van der Waals surface area contributed by atoms with Gasteiger partial charge in [0.2, 0.25) is 0 Å². The van der Waals surface area contributed by atoms with Gasteiger partial charge in [-0.2, -0.15) is 5.26 Å². The molecule has 0 aliphatic carbocycles. The third-order valence-corrected chi connectivity index (χ3v) is 2.22. The molecule has 2 N–H and O–H groups in total. The second-order valence-corrected chi connectivity index (χ2v) is 3.45. The first-order valence-corrected chi connectivity index (χ1v) is 5.10. The number of hydrogen-bond donors (Lipinski definition) is 1. The van der Waals surface area contributed by atoms with E-state index in [0.717, 1.165) is 24.2 Å². The summed E-state index contributed by atoms with van der Waals surface area (Å²) in [5, 5.41) is 8.35. The fraction of sp³-hybridized carbons (Fsp3) is 0.417. The summed E-state index contributed by atoms with van der Waals surface area (Å²) >= 11 is 0. The number of nitrogens with zero attached hydrogens (tertiary/aromatic N) is 1. The number of rotatable bonds is 5. The number of unbranched alkanes of at least 4 members (excludes halogenated alkanes) is 2. The normalized spacial score (nSPS) is 9.60. The molecule has 0 saturated carbocycles. The van der Waals surface area contributed by atoms with Crippen molar-refractivity contribution in [2.75, 3.05) is 12.3 Å². The topological polar surface area (TPSA) is 59.0 Å². The lowest BCUT2D eigenvalue weighted by atomic mass is 10.2. The molecular weight excluding hydrogens is 188 g/mol. The molecule has 0 fully saturated rings. The first-order valence-electron chi connectivity index (χ1n) is 5.10. The number of benzene rings is 1. The van der Waals surface area contributed by atoms with Crippen molar-refractivity contribution in [2.45, 2.75) is 26.2 Å². The van der Waals surface area contributed by atoms with Gasteiger partial charge in [0.05, 0.1) is 18.4 Å². The molecule has 0 unspecified atom stereocenters. The van der Waals surface area contributed by atoms with E-state index in [-0.39, 0.29) is 0 Å². The number of aryl methyl sites for hydroxylation is 1. The number of para-hydroxylation sites is 1. The van der Waals surface area contributed by atoms with Gasteiger partial charge in [0.1, 0.15) is 5.75 Å². The fourth-order valence-corrected chi connectivity index (χ4v) is 1.27. The highest BCUT2D eigenvalue weighted by Gasteiger charge is 2.01. The minimum absolute atomic E-state index is 0.590. The summed E-state index contributed by atoms with van der Waals surface area (Å²) in [7, 11) is 0. The molecule has 0 aliphatic heterocycles. The highest BCUT2D eigenvalue weighted by atomic mass is 16.5. The lowest BCUT2D eigenvalue weighted by Gasteiger charge is -2.09. The van der Waals surface area contributed by atoms with Crippen LogP contribution in [0.4, 0.5) is 5.69 Å². The van der Waals surface area contributed by atoms with Crippen molar-refractivity contribution in [1.29, 1.82) is 5.26 Å². The van der Waals surface area contributed by atoms with Gasteiger partial charge in [0.25, 0.3) is 0 Å². The van der Waals surface area contributed by atoms with Gasteiger partial charge in [-0.15, -0.1) is 0 Å². The van der Waals surface area contributed by atoms with Crippen molar-refractivity contribution in [2.24, 2.45) is 0 Å². The third kappa shape index (κ3) is 3.51. The summed E-state index contributed by atoms with van der Waals surface area (Å²) in [4.78, 5) is 0. The number of nitrogens with two attached hydrogens (primary N) is 1. The van der Waals surface area contributed by atoms with Gasteiger partial charge in [-0.1, -0.05) is 12.1 Å². The molecule has 1 aromatic rings. The maximum atomic E-state index is 8.35. The summed E-state index contributed by atoms with van der Waals surface area (Å²) in [5.41, 5.74) is 7.58. The van der Waals surface area contributed by atoms with Crippen LogP contribution in [0.2, 0.25) is 0 Å². The molecule has 15 heavy (non-hydrogen) atoms. The zero-order valence-corrected chi connectivity index (χ0v) is 8.99. The molecule has 3 heteroatoms. The molecule has 0 saturated heterocycles. The Morgan fingerprint density at radius 3 is 2.93 bits per heavy atom. The van der Waals surface area contributed by atoms with E-state index in [2.05, 4.69) is 6.07 Å². The average molecular weight is 204 g/mol. The molecule has 0 aromatic heterocycles. The van der Waals surface area contributed by atoms with Crippen LogP contribution in [0.5, 0.6) is 5.75 Å². The largest absolute Gasteiger partial charge is 0.491 e. The van der Waals surface area contributed by atoms with Gasteiger partial charge in [0, 0.05) is 6.42 Å². The Hall–Kier alpha value is -1.69. The predicted octanol–water partition coefficient (Wildman–Crippen LogP) is 2.65. The van der Waals surface area contributed by atoms with E-state index in [1.807, 2.05) is 25.1 Å². The summed E-state index contributed by atoms with van der Waals surface area (Å²) < 4.78 is 5.53. The molecule has 0 spiro atoms. The molecule has 0 radical (unpaired) electrons. The van der Waals surface area contributed by atoms with Gasteiger partial charge in [0.15, 0.2) is 0 Å². The quantitative estimate of drug-likeness (QED) is 0.592. The molecule has 80 valence electrons. The minimum atomic E-state index is 0.590. The van der Waals surface area contributed by atoms with E-state index in [9.17, 15) is 0 Å². The molecule has 0 atom stereocenters. The summed E-state index contributed by atoms with van der Waals surface area (Å²) in [6.07, 6.45) is 2.36. The van der Waals surface area contributed by atoms with E-state index in [4.69, 9.17) is 15.7 Å². The van der Waals surface area contributed by atoms with Crippen LogP contribution in [-0.4, -0.2) is 6.61 Å². The Kier molecular flexibility index (Phi) is 4.49. The van der Waals surface area contributed by atoms with Crippen LogP contribution >= 0.6 is 0 Å². The molecule has 1 aromatic carbocycles. The van der Waals surface area contributed by atoms with Crippen molar-refractivity contribution >= 4 is 5.69 Å². The number of ether oxygens (including phenoxy) is 1. The molecule has 0 aliphatic rings. The van der Waals surface area contributed by atoms with E-state index in [0.29, 0.717) is 18.7 Å². The van der Waals surface area contributed by atoms with E-state index in [1.165, 1.54) is 0 Å². The standard InChI is InChI=1S/C12H16N2O/c1-10-6-5-7-11(12(10)14)15-9-4-2-3-8-13/h5-7H,2-4,9,14H2,1H3. The number of hydrogen-bond acceptors (Lipinski definition) is 3. The van der Waals surface area contributed by atoms with Gasteiger partial charge in [-0.3, -0.25) is 0 Å². The molecule has 1 rings (SSSR count). The maximum absolute atomic E-state index is 8.35. The highest BCUT2D eigenvalue weighted by molar-refractivity contribution is 5.57. The number of nitriles is 1. The van der Waals surface area contributed by atoms with Crippen molar-refractivity contribution in [3.8, 4) is 11.8 Å². The Labute approximate surface area is 90.5 Å². The zero-order valence-electron chi connectivity index (χ0n) is 8.99. The summed E-state index contributed by atoms with van der Waals surface area (Å²) in [6, 6.07) is 7.86. The average Bonchev–Trinajstić information content (AvgIpc) is 2.24. The fourth-order valence-electron chi connectivity index (χ4n) is 1.27. The van der Waals surface area contributed by atoms with E-state index in [1.54, 1.807) is 0 Å². The Morgan fingerprint density at radius 2 is 2.20 bits per heavy atom. The summed E-state index contributed by atoms with van der Waals surface area (Å²) in [5.74, 6) is 0.743. The number of anilines is 1. The lowest BCUT2D eigenvalue weighted by molar-refractivity contribution is 0.309. The van der Waals surface area contributed by atoms with E-state index >= 15 is 0 Å². The highest BCUT2D eigenvalue weighted by Crippen LogP contribution is 2.24. The second kappa shape index (κ2) is 5.92. The Bertz CT molecular complexity index is 355. The second-order valence-electron chi connectivity index (χ2n) is 3.45. The van der Waals surface area contributed by atoms with Gasteiger partial charge >= 0.3 is 0 Å². The molecule has 0 heterocycles. The Balaban J connectivity index is 2.38. The van der Waals surface area contributed by atoms with Crippen LogP contribution in [0.1, 0.15) is 24.8 Å². The third-order valence-electron chi connectivity index (χ3n) is 2.22. The van der Waals surface area contributed by atoms with Crippen molar-refractivity contribution in [1.82, 2.24) is 0 Å². The van der Waals surface area contributed by atoms with E-state index < -0.39 is 0 Å². The first-order chi connectivity index (χ1) is 7.25. The van der Waals surface area contributed by atoms with Crippen molar-refractivity contribution in [3.63, 3.8) is 0 Å². The predicted molar refractivity (Wildman–Crippen MR) is 60.6 cm³/mol. The molecular formula is C12H16N2O. The van der Waals surface area contributed by atoms with Gasteiger partial charge in [-0.05, 0) is 31.4 Å². The van der Waals surface area contributed by atoms with Crippen molar-refractivity contribution < 1.29 is 4.74 Å². The van der Waals surface area contributed by atoms with Crippen LogP contribution in [0.15, 0.2) is 18.2 Å². The van der Waals surface area contributed by atoms with Crippen LogP contribution in [0.3, 0.4) is 0 Å². The lowest BCUT2D eigenvalue weighted by Crippen LogP contribution is -2.01. The Morgan fingerprint density at radius 1 is 1.40 bits per heavy atom. The molecule has 0 amide bonds. The number of nitrogen functional groups attached to an aromatic ring is 1. The smallest absolute Gasteiger partial charge is 0.142 e. The zero-order chi connectivity index (χ0) is 11.1. The van der Waals surface area contributed by atoms with Crippen LogP contribution in [0.25, 0.3) is 0 Å². The monoisotopic (exact) mass is 204 g/mol. The first kappa shape index (κ1) is 11.4. The maximum Gasteiger partial charge on any atom is 0.142 e. The SMILES string of the molecule is Cc1cccc(OCCCCC#N)c1N.